The Kier molecular flexibility index (Phi) is 2.81. The number of nitrogens with zero attached hydrogens (tertiary/aromatic N) is 2. The number of carboxylic acids is 1. The summed E-state index contributed by atoms with van der Waals surface area (Å²) in [5.74, 6) is -0.572. The first kappa shape index (κ1) is 10.6. The molecular formula is C9H12N2O3. The highest BCUT2D eigenvalue weighted by atomic mass is 16.5. The van der Waals surface area contributed by atoms with E-state index in [0.29, 0.717) is 5.82 Å². The molecule has 1 aromatic heterocycles. The second-order valence-electron chi connectivity index (χ2n) is 3.31. The predicted octanol–water partition coefficient (Wildman–Crippen LogP) is 1.06. The third-order valence-electron chi connectivity index (χ3n) is 1.95. The predicted molar refractivity (Wildman–Crippen MR) is 49.0 cm³/mol. The molecule has 0 amide bonds. The van der Waals surface area contributed by atoms with Gasteiger partial charge in [0.05, 0.1) is 5.56 Å². The Morgan fingerprint density at radius 1 is 1.43 bits per heavy atom. The molecule has 0 spiro atoms. The normalized spacial score (nSPS) is 11.4. The van der Waals surface area contributed by atoms with E-state index in [0.717, 1.165) is 0 Å². The van der Waals surface area contributed by atoms with Crippen molar-refractivity contribution >= 4 is 5.97 Å². The summed E-state index contributed by atoms with van der Waals surface area (Å²) in [6.45, 7) is 3.62. The highest BCUT2D eigenvalue weighted by Crippen LogP contribution is 2.18. The van der Waals surface area contributed by atoms with E-state index in [1.165, 1.54) is 12.4 Å². The lowest BCUT2D eigenvalue weighted by atomic mass is 10.1. The maximum Gasteiger partial charge on any atom is 0.338 e. The summed E-state index contributed by atoms with van der Waals surface area (Å²) >= 11 is 0. The van der Waals surface area contributed by atoms with Crippen LogP contribution in [0.25, 0.3) is 0 Å². The first-order valence-electron chi connectivity index (χ1n) is 4.08. The Balaban J connectivity index is 2.99. The van der Waals surface area contributed by atoms with Crippen LogP contribution in [0.1, 0.15) is 30.0 Å². The molecule has 0 saturated carbocycles. The van der Waals surface area contributed by atoms with Crippen molar-refractivity contribution in [2.45, 2.75) is 19.4 Å². The average Bonchev–Trinajstić information content (AvgIpc) is 2.18. The SMILES string of the molecule is COC(C)(C)c1ncc(C(=O)O)cn1. The first-order chi connectivity index (χ1) is 6.47. The molecule has 0 atom stereocenters. The molecule has 1 aromatic rings. The number of methoxy groups -OCH3 is 1. The van der Waals surface area contributed by atoms with Crippen LogP contribution in [0.4, 0.5) is 0 Å². The largest absolute Gasteiger partial charge is 0.478 e. The minimum absolute atomic E-state index is 0.0700. The molecule has 0 unspecified atom stereocenters. The van der Waals surface area contributed by atoms with Gasteiger partial charge in [0.15, 0.2) is 5.82 Å². The second kappa shape index (κ2) is 3.71. The van der Waals surface area contributed by atoms with Gasteiger partial charge >= 0.3 is 5.97 Å². The van der Waals surface area contributed by atoms with E-state index in [2.05, 4.69) is 9.97 Å². The molecule has 1 N–H and O–H groups in total. The van der Waals surface area contributed by atoms with Crippen LogP contribution in [0.15, 0.2) is 12.4 Å². The summed E-state index contributed by atoms with van der Waals surface area (Å²) in [5.41, 5.74) is -0.530. The number of hydrogen-bond acceptors (Lipinski definition) is 4. The van der Waals surface area contributed by atoms with Gasteiger partial charge in [-0.1, -0.05) is 0 Å². The van der Waals surface area contributed by atoms with Crippen molar-refractivity contribution in [3.63, 3.8) is 0 Å². The molecule has 0 aliphatic rings. The van der Waals surface area contributed by atoms with Crippen LogP contribution >= 0.6 is 0 Å². The third-order valence-corrected chi connectivity index (χ3v) is 1.95. The fourth-order valence-electron chi connectivity index (χ4n) is 0.841. The smallest absolute Gasteiger partial charge is 0.338 e. The van der Waals surface area contributed by atoms with Gasteiger partial charge in [0.2, 0.25) is 0 Å². The molecule has 0 radical (unpaired) electrons. The van der Waals surface area contributed by atoms with Crippen molar-refractivity contribution in [2.24, 2.45) is 0 Å². The van der Waals surface area contributed by atoms with Crippen LogP contribution < -0.4 is 0 Å². The fraction of sp³-hybridized carbons (Fsp3) is 0.444. The number of aromatic carboxylic acids is 1. The molecule has 14 heavy (non-hydrogen) atoms. The van der Waals surface area contributed by atoms with Gasteiger partial charge in [0, 0.05) is 19.5 Å². The lowest BCUT2D eigenvalue weighted by molar-refractivity contribution is 0.0113. The molecule has 5 heteroatoms. The highest BCUT2D eigenvalue weighted by Gasteiger charge is 2.22. The van der Waals surface area contributed by atoms with Crippen LogP contribution in [0.3, 0.4) is 0 Å². The zero-order chi connectivity index (χ0) is 10.8. The van der Waals surface area contributed by atoms with Gasteiger partial charge < -0.3 is 9.84 Å². The number of hydrogen-bond donors (Lipinski definition) is 1. The van der Waals surface area contributed by atoms with Crippen molar-refractivity contribution < 1.29 is 14.6 Å². The molecule has 0 saturated heterocycles. The average molecular weight is 196 g/mol. The van der Waals surface area contributed by atoms with Crippen LogP contribution in [0.5, 0.6) is 0 Å². The summed E-state index contributed by atoms with van der Waals surface area (Å²) in [6.07, 6.45) is 2.54. The van der Waals surface area contributed by atoms with Gasteiger partial charge in [0.1, 0.15) is 5.60 Å². The van der Waals surface area contributed by atoms with Gasteiger partial charge in [-0.15, -0.1) is 0 Å². The van der Waals surface area contributed by atoms with Crippen LogP contribution in [0.2, 0.25) is 0 Å². The number of aromatic nitrogens is 2. The highest BCUT2D eigenvalue weighted by molar-refractivity contribution is 5.86. The summed E-state index contributed by atoms with van der Waals surface area (Å²) < 4.78 is 5.15. The minimum atomic E-state index is -1.04. The summed E-state index contributed by atoms with van der Waals surface area (Å²) in [5, 5.41) is 8.62. The molecule has 76 valence electrons. The fourth-order valence-corrected chi connectivity index (χ4v) is 0.841. The van der Waals surface area contributed by atoms with E-state index >= 15 is 0 Å². The zero-order valence-corrected chi connectivity index (χ0v) is 8.31. The molecule has 0 aromatic carbocycles. The Morgan fingerprint density at radius 2 is 1.93 bits per heavy atom. The maximum atomic E-state index is 10.5. The van der Waals surface area contributed by atoms with E-state index in [1.54, 1.807) is 7.11 Å². The van der Waals surface area contributed by atoms with Crippen molar-refractivity contribution in [1.29, 1.82) is 0 Å². The van der Waals surface area contributed by atoms with Gasteiger partial charge in [0.25, 0.3) is 0 Å². The Bertz CT molecular complexity index is 332. The van der Waals surface area contributed by atoms with Crippen molar-refractivity contribution in [3.05, 3.63) is 23.8 Å². The number of carbonyl (C=O) groups is 1. The number of ether oxygens (including phenoxy) is 1. The lowest BCUT2D eigenvalue weighted by Crippen LogP contribution is -2.23. The standard InChI is InChI=1S/C9H12N2O3/c1-9(2,14-3)8-10-4-6(5-11-8)7(12)13/h4-5H,1-3H3,(H,12,13). The molecule has 5 nitrogen and oxygen atoms in total. The van der Waals surface area contributed by atoms with E-state index in [4.69, 9.17) is 9.84 Å². The van der Waals surface area contributed by atoms with E-state index in [-0.39, 0.29) is 5.56 Å². The molecule has 1 rings (SSSR count). The lowest BCUT2D eigenvalue weighted by Gasteiger charge is -2.20. The minimum Gasteiger partial charge on any atom is -0.478 e. The summed E-state index contributed by atoms with van der Waals surface area (Å²) in [4.78, 5) is 18.4. The van der Waals surface area contributed by atoms with E-state index in [1.807, 2.05) is 13.8 Å². The van der Waals surface area contributed by atoms with Crippen molar-refractivity contribution in [3.8, 4) is 0 Å². The third kappa shape index (κ3) is 2.05. The zero-order valence-electron chi connectivity index (χ0n) is 8.31. The van der Waals surface area contributed by atoms with Crippen molar-refractivity contribution in [2.75, 3.05) is 7.11 Å². The monoisotopic (exact) mass is 196 g/mol. The van der Waals surface area contributed by atoms with Gasteiger partial charge in [-0.2, -0.15) is 0 Å². The van der Waals surface area contributed by atoms with Crippen molar-refractivity contribution in [1.82, 2.24) is 9.97 Å². The quantitative estimate of drug-likeness (QED) is 0.782. The van der Waals surface area contributed by atoms with Crippen LogP contribution in [-0.2, 0) is 10.3 Å². The molecule has 0 aliphatic carbocycles. The Labute approximate surface area is 81.8 Å². The van der Waals surface area contributed by atoms with Crippen LogP contribution in [0, 0.1) is 0 Å². The molecule has 0 bridgehead atoms. The second-order valence-corrected chi connectivity index (χ2v) is 3.31. The molecular weight excluding hydrogens is 184 g/mol. The topological polar surface area (TPSA) is 72.3 Å². The maximum absolute atomic E-state index is 10.5. The van der Waals surface area contributed by atoms with Crippen LogP contribution in [-0.4, -0.2) is 28.2 Å². The summed E-state index contributed by atoms with van der Waals surface area (Å²) in [6, 6.07) is 0. The van der Waals surface area contributed by atoms with Gasteiger partial charge in [-0.25, -0.2) is 14.8 Å². The Hall–Kier alpha value is -1.49. The van der Waals surface area contributed by atoms with E-state index < -0.39 is 11.6 Å². The molecule has 0 aliphatic heterocycles. The summed E-state index contributed by atoms with van der Waals surface area (Å²) in [7, 11) is 1.55. The first-order valence-corrected chi connectivity index (χ1v) is 4.08. The van der Waals surface area contributed by atoms with E-state index in [9.17, 15) is 4.79 Å². The molecule has 0 fully saturated rings. The Morgan fingerprint density at radius 3 is 2.29 bits per heavy atom. The van der Waals surface area contributed by atoms with Gasteiger partial charge in [-0.3, -0.25) is 0 Å². The number of carboxylic acid groups (broad SMARTS) is 1. The van der Waals surface area contributed by atoms with Gasteiger partial charge in [-0.05, 0) is 13.8 Å². The molecule has 1 heterocycles. The number of rotatable bonds is 3.